The lowest BCUT2D eigenvalue weighted by molar-refractivity contribution is 1.16. The van der Waals surface area contributed by atoms with Gasteiger partial charge >= 0.3 is 0 Å². The van der Waals surface area contributed by atoms with Crippen molar-refractivity contribution < 1.29 is 0 Å². The van der Waals surface area contributed by atoms with Crippen LogP contribution in [-0.2, 0) is 0 Å². The fraction of sp³-hybridized carbons (Fsp3) is 0.182. The Morgan fingerprint density at radius 2 is 1.69 bits per heavy atom. The number of hydrogen-bond donors (Lipinski definition) is 0. The Bertz CT molecular complexity index is 422. The van der Waals surface area contributed by atoms with Gasteiger partial charge in [0.15, 0.2) is 0 Å². The first-order valence-corrected chi connectivity index (χ1v) is 4.23. The molecule has 0 aromatic heterocycles. The summed E-state index contributed by atoms with van der Waals surface area (Å²) < 4.78 is 0. The fourth-order valence-corrected chi connectivity index (χ4v) is 1.46. The van der Waals surface area contributed by atoms with Crippen LogP contribution in [-0.4, -0.2) is 14.1 Å². The molecule has 66 valence electrons. The highest BCUT2D eigenvalue weighted by atomic mass is 16.1. The summed E-state index contributed by atoms with van der Waals surface area (Å²) in [4.78, 5) is 13.2. The molecule has 0 N–H and O–H groups in total. The molecule has 2 aromatic carbocycles. The van der Waals surface area contributed by atoms with Gasteiger partial charge in [0.05, 0.1) is 11.3 Å². The first kappa shape index (κ1) is 8.05. The molecule has 0 fully saturated rings. The summed E-state index contributed by atoms with van der Waals surface area (Å²) >= 11 is 0. The highest BCUT2D eigenvalue weighted by Crippen LogP contribution is 2.31. The van der Waals surface area contributed by atoms with Gasteiger partial charge < -0.3 is 4.90 Å². The molecule has 0 unspecified atom stereocenters. The molecule has 0 aliphatic rings. The van der Waals surface area contributed by atoms with Crippen molar-refractivity contribution in [2.45, 2.75) is 0 Å². The Morgan fingerprint density at radius 3 is 2.15 bits per heavy atom. The summed E-state index contributed by atoms with van der Waals surface area (Å²) in [6.07, 6.45) is 0. The highest BCUT2D eigenvalue weighted by Gasteiger charge is 2.24. The smallest absolute Gasteiger partial charge is 0.212 e. The lowest BCUT2D eigenvalue weighted by Crippen LogP contribution is -2.06. The molecule has 0 bridgehead atoms. The van der Waals surface area contributed by atoms with E-state index in [0.717, 1.165) is 16.8 Å². The lowest BCUT2D eigenvalue weighted by Gasteiger charge is -2.02. The molecule has 2 heteroatoms. The van der Waals surface area contributed by atoms with Gasteiger partial charge in [-0.25, -0.2) is 0 Å². The van der Waals surface area contributed by atoms with Crippen LogP contribution in [0.15, 0.2) is 35.1 Å². The second-order valence-electron chi connectivity index (χ2n) is 3.31. The Kier molecular flexibility index (Phi) is 1.69. The largest absolute Gasteiger partial charge is 0.374 e. The molecule has 13 heavy (non-hydrogen) atoms. The van der Waals surface area contributed by atoms with Crippen molar-refractivity contribution in [1.82, 2.24) is 0 Å². The number of anilines is 1. The van der Waals surface area contributed by atoms with Crippen molar-refractivity contribution in [2.75, 3.05) is 19.0 Å². The van der Waals surface area contributed by atoms with E-state index in [1.165, 1.54) is 0 Å². The maximum Gasteiger partial charge on any atom is 0.212 e. The third-order valence-electron chi connectivity index (χ3n) is 2.13. The monoisotopic (exact) mass is 173 g/mol. The van der Waals surface area contributed by atoms with Crippen LogP contribution in [0, 0.1) is 0 Å². The Morgan fingerprint density at radius 1 is 1.08 bits per heavy atom. The first-order chi connectivity index (χ1) is 6.22. The number of rotatable bonds is 2. The van der Waals surface area contributed by atoms with Crippen molar-refractivity contribution >= 4 is 5.69 Å². The molecule has 0 atom stereocenters. The SMILES string of the molecule is CN(C)c1c(-c2ccccc2)c1=O. The van der Waals surface area contributed by atoms with Crippen LogP contribution in [0.2, 0.25) is 0 Å². The Hall–Kier alpha value is -1.57. The molecular formula is C11H11NO. The van der Waals surface area contributed by atoms with E-state index in [4.69, 9.17) is 0 Å². The predicted octanol–water partition coefficient (Wildman–Crippen LogP) is 1.66. The van der Waals surface area contributed by atoms with Gasteiger partial charge in [-0.15, -0.1) is 0 Å². The minimum Gasteiger partial charge on any atom is -0.374 e. The van der Waals surface area contributed by atoms with Gasteiger partial charge in [-0.2, -0.15) is 0 Å². The molecule has 0 saturated carbocycles. The van der Waals surface area contributed by atoms with Crippen LogP contribution in [0.25, 0.3) is 11.1 Å². The van der Waals surface area contributed by atoms with E-state index in [9.17, 15) is 4.79 Å². The zero-order valence-corrected chi connectivity index (χ0v) is 7.74. The molecule has 2 nitrogen and oxygen atoms in total. The van der Waals surface area contributed by atoms with Gasteiger partial charge in [-0.1, -0.05) is 30.3 Å². The van der Waals surface area contributed by atoms with Gasteiger partial charge in [0.2, 0.25) is 5.43 Å². The second kappa shape index (κ2) is 2.73. The average molecular weight is 173 g/mol. The number of benzene rings is 1. The van der Waals surface area contributed by atoms with Crippen LogP contribution < -0.4 is 10.3 Å². The molecule has 2 aromatic rings. The summed E-state index contributed by atoms with van der Waals surface area (Å²) in [5.41, 5.74) is 2.91. The van der Waals surface area contributed by atoms with Crippen LogP contribution >= 0.6 is 0 Å². The Balaban J connectivity index is 2.39. The quantitative estimate of drug-likeness (QED) is 0.688. The average Bonchev–Trinajstić information content (AvgIpc) is 2.79. The number of hydrogen-bond acceptors (Lipinski definition) is 2. The zero-order chi connectivity index (χ0) is 9.42. The highest BCUT2D eigenvalue weighted by molar-refractivity contribution is 5.89. The van der Waals surface area contributed by atoms with E-state index in [-0.39, 0.29) is 5.43 Å². The van der Waals surface area contributed by atoms with Crippen molar-refractivity contribution in [1.29, 1.82) is 0 Å². The first-order valence-electron chi connectivity index (χ1n) is 4.23. The molecule has 0 heterocycles. The molecular weight excluding hydrogens is 162 g/mol. The summed E-state index contributed by atoms with van der Waals surface area (Å²) in [5, 5.41) is 0. The standard InChI is InChI=1S/C11H11NO/c1-12(2)10-9(11(10)13)8-6-4-3-5-7-8/h3-7H,1-2H3. The molecule has 0 spiro atoms. The maximum absolute atomic E-state index is 11.3. The minimum atomic E-state index is 0.177. The third kappa shape index (κ3) is 1.24. The fourth-order valence-electron chi connectivity index (χ4n) is 1.46. The predicted molar refractivity (Wildman–Crippen MR) is 54.8 cm³/mol. The van der Waals surface area contributed by atoms with Gasteiger partial charge in [0.25, 0.3) is 0 Å². The van der Waals surface area contributed by atoms with Crippen LogP contribution in [0.5, 0.6) is 0 Å². The second-order valence-corrected chi connectivity index (χ2v) is 3.31. The third-order valence-corrected chi connectivity index (χ3v) is 2.13. The zero-order valence-electron chi connectivity index (χ0n) is 7.74. The minimum absolute atomic E-state index is 0.177. The summed E-state index contributed by atoms with van der Waals surface area (Å²) in [5.74, 6) is 0. The van der Waals surface area contributed by atoms with Crippen LogP contribution in [0.4, 0.5) is 5.69 Å². The van der Waals surface area contributed by atoms with E-state index in [1.54, 1.807) is 0 Å². The molecule has 0 radical (unpaired) electrons. The van der Waals surface area contributed by atoms with E-state index in [2.05, 4.69) is 0 Å². The molecule has 0 saturated heterocycles. The van der Waals surface area contributed by atoms with Crippen LogP contribution in [0.3, 0.4) is 0 Å². The van der Waals surface area contributed by atoms with E-state index >= 15 is 0 Å². The molecule has 2 rings (SSSR count). The summed E-state index contributed by atoms with van der Waals surface area (Å²) in [7, 11) is 3.78. The van der Waals surface area contributed by atoms with Crippen molar-refractivity contribution in [3.8, 4) is 11.1 Å². The van der Waals surface area contributed by atoms with E-state index in [1.807, 2.05) is 49.3 Å². The maximum atomic E-state index is 11.3. The van der Waals surface area contributed by atoms with Crippen molar-refractivity contribution in [3.63, 3.8) is 0 Å². The van der Waals surface area contributed by atoms with E-state index < -0.39 is 0 Å². The summed E-state index contributed by atoms with van der Waals surface area (Å²) in [6, 6.07) is 9.77. The van der Waals surface area contributed by atoms with Gasteiger partial charge in [0.1, 0.15) is 0 Å². The lowest BCUT2D eigenvalue weighted by atomic mass is 10.2. The summed E-state index contributed by atoms with van der Waals surface area (Å²) in [6.45, 7) is 0. The molecule has 0 aliphatic heterocycles. The van der Waals surface area contributed by atoms with Crippen molar-refractivity contribution in [3.05, 3.63) is 40.6 Å². The Labute approximate surface area is 77.1 Å². The van der Waals surface area contributed by atoms with Crippen LogP contribution in [0.1, 0.15) is 0 Å². The van der Waals surface area contributed by atoms with Gasteiger partial charge in [0, 0.05) is 14.1 Å². The van der Waals surface area contributed by atoms with Gasteiger partial charge in [-0.05, 0) is 5.56 Å². The van der Waals surface area contributed by atoms with Crippen molar-refractivity contribution in [2.24, 2.45) is 0 Å². The molecule has 0 aliphatic carbocycles. The van der Waals surface area contributed by atoms with Gasteiger partial charge in [-0.3, -0.25) is 4.79 Å². The topological polar surface area (TPSA) is 20.3 Å². The molecule has 0 amide bonds. The normalized spacial score (nSPS) is 10.6. The number of nitrogens with zero attached hydrogens (tertiary/aromatic N) is 1. The van der Waals surface area contributed by atoms with E-state index in [0.29, 0.717) is 0 Å².